The second-order valence-electron chi connectivity index (χ2n) is 8.69. The van der Waals surface area contributed by atoms with E-state index in [0.717, 1.165) is 74.1 Å². The fourth-order valence-electron chi connectivity index (χ4n) is 4.50. The molecule has 0 bridgehead atoms. The largest absolute Gasteiger partial charge is 0.497 e. The molecular weight excluding hydrogens is 434 g/mol. The summed E-state index contributed by atoms with van der Waals surface area (Å²) in [5, 5.41) is 3.03. The Morgan fingerprint density at radius 1 is 0.971 bits per heavy atom. The summed E-state index contributed by atoms with van der Waals surface area (Å²) in [4.78, 5) is 17.4. The van der Waals surface area contributed by atoms with Crippen molar-refractivity contribution < 1.29 is 23.7 Å². The van der Waals surface area contributed by atoms with Crippen molar-refractivity contribution in [1.29, 1.82) is 0 Å². The van der Waals surface area contributed by atoms with Gasteiger partial charge in [0.25, 0.3) is 5.91 Å². The van der Waals surface area contributed by atoms with E-state index in [4.69, 9.17) is 18.9 Å². The van der Waals surface area contributed by atoms with Crippen molar-refractivity contribution in [3.63, 3.8) is 0 Å². The van der Waals surface area contributed by atoms with Crippen LogP contribution in [0.25, 0.3) is 6.08 Å². The average Bonchev–Trinajstić information content (AvgIpc) is 3.36. The lowest BCUT2D eigenvalue weighted by Crippen LogP contribution is -2.46. The van der Waals surface area contributed by atoms with Gasteiger partial charge in [0.2, 0.25) is 6.79 Å². The minimum absolute atomic E-state index is 0.0641. The number of piperazine rings is 1. The second-order valence-corrected chi connectivity index (χ2v) is 8.69. The number of unbranched alkanes of at least 4 members (excludes halogenated alkanes) is 1. The number of nitrogens with zero attached hydrogens (tertiary/aromatic N) is 2. The van der Waals surface area contributed by atoms with E-state index in [1.165, 1.54) is 5.69 Å². The van der Waals surface area contributed by atoms with Crippen molar-refractivity contribution in [3.8, 4) is 23.0 Å². The Labute approximate surface area is 200 Å². The van der Waals surface area contributed by atoms with E-state index in [1.54, 1.807) is 7.11 Å². The summed E-state index contributed by atoms with van der Waals surface area (Å²) < 4.78 is 21.9. The number of nitrogens with one attached hydrogen (secondary N) is 1. The molecule has 8 nitrogen and oxygen atoms in total. The van der Waals surface area contributed by atoms with Gasteiger partial charge < -0.3 is 29.2 Å². The normalized spacial score (nSPS) is 17.0. The third kappa shape index (κ3) is 5.07. The van der Waals surface area contributed by atoms with Crippen LogP contribution in [0, 0.1) is 0 Å². The molecule has 5 rings (SSSR count). The standard InChI is InChI=1S/C26H31N3O5/c1-31-22-5-7-23-19(15-22)14-20(17-32-23)26(30)27-8-2-3-9-28-10-12-29(13-11-28)21-4-6-24-25(16-21)34-18-33-24/h4-7,14-16H,2-3,8-13,17-18H2,1H3,(H,27,30). The van der Waals surface area contributed by atoms with Crippen LogP contribution >= 0.6 is 0 Å². The fraction of sp³-hybridized carbons (Fsp3) is 0.423. The monoisotopic (exact) mass is 465 g/mol. The predicted molar refractivity (Wildman–Crippen MR) is 130 cm³/mol. The van der Waals surface area contributed by atoms with E-state index >= 15 is 0 Å². The molecule has 2 aromatic carbocycles. The second kappa shape index (κ2) is 10.3. The molecule has 1 N–H and O–H groups in total. The zero-order chi connectivity index (χ0) is 23.3. The minimum Gasteiger partial charge on any atom is -0.497 e. The zero-order valence-corrected chi connectivity index (χ0v) is 19.5. The summed E-state index contributed by atoms with van der Waals surface area (Å²) >= 11 is 0. The van der Waals surface area contributed by atoms with Crippen LogP contribution in [0.2, 0.25) is 0 Å². The van der Waals surface area contributed by atoms with Crippen LogP contribution < -0.4 is 29.2 Å². The number of fused-ring (bicyclic) bond motifs is 2. The van der Waals surface area contributed by atoms with E-state index in [-0.39, 0.29) is 5.91 Å². The molecule has 3 aliphatic heterocycles. The van der Waals surface area contributed by atoms with Crippen LogP contribution in [0.5, 0.6) is 23.0 Å². The maximum atomic E-state index is 12.5. The number of carbonyl (C=O) groups excluding carboxylic acids is 1. The van der Waals surface area contributed by atoms with Gasteiger partial charge in [-0.15, -0.1) is 0 Å². The van der Waals surface area contributed by atoms with Crippen LogP contribution in [-0.2, 0) is 4.79 Å². The first-order valence-electron chi connectivity index (χ1n) is 11.9. The summed E-state index contributed by atoms with van der Waals surface area (Å²) in [5.74, 6) is 3.12. The molecule has 0 unspecified atom stereocenters. The molecule has 0 aliphatic carbocycles. The van der Waals surface area contributed by atoms with Gasteiger partial charge in [-0.25, -0.2) is 0 Å². The van der Waals surface area contributed by atoms with E-state index in [2.05, 4.69) is 27.2 Å². The van der Waals surface area contributed by atoms with Crippen molar-refractivity contribution in [2.24, 2.45) is 0 Å². The summed E-state index contributed by atoms with van der Waals surface area (Å²) in [5.41, 5.74) is 2.70. The Morgan fingerprint density at radius 2 is 1.79 bits per heavy atom. The van der Waals surface area contributed by atoms with Crippen molar-refractivity contribution in [2.75, 3.05) is 64.7 Å². The molecule has 3 heterocycles. The van der Waals surface area contributed by atoms with Gasteiger partial charge in [-0.2, -0.15) is 0 Å². The van der Waals surface area contributed by atoms with Gasteiger partial charge in [0.1, 0.15) is 18.1 Å². The van der Waals surface area contributed by atoms with Crippen molar-refractivity contribution in [1.82, 2.24) is 10.2 Å². The van der Waals surface area contributed by atoms with Crippen LogP contribution in [0.1, 0.15) is 18.4 Å². The summed E-state index contributed by atoms with van der Waals surface area (Å²) in [6, 6.07) is 11.8. The number of anilines is 1. The molecule has 1 amide bonds. The first kappa shape index (κ1) is 22.4. The molecule has 3 aliphatic rings. The van der Waals surface area contributed by atoms with E-state index in [9.17, 15) is 4.79 Å². The van der Waals surface area contributed by atoms with Gasteiger partial charge in [0.15, 0.2) is 11.5 Å². The van der Waals surface area contributed by atoms with Crippen LogP contribution in [0.15, 0.2) is 42.0 Å². The van der Waals surface area contributed by atoms with Crippen molar-refractivity contribution >= 4 is 17.7 Å². The van der Waals surface area contributed by atoms with E-state index in [0.29, 0.717) is 25.5 Å². The first-order valence-corrected chi connectivity index (χ1v) is 11.9. The number of methoxy groups -OCH3 is 1. The SMILES string of the molecule is COc1ccc2c(c1)C=C(C(=O)NCCCCN1CCN(c3ccc4c(c3)OCO4)CC1)CO2. The highest BCUT2D eigenvalue weighted by Gasteiger charge is 2.21. The Bertz CT molecular complexity index is 1060. The molecule has 0 saturated carbocycles. The molecule has 2 aromatic rings. The lowest BCUT2D eigenvalue weighted by atomic mass is 10.1. The van der Waals surface area contributed by atoms with Crippen LogP contribution in [0.4, 0.5) is 5.69 Å². The van der Waals surface area contributed by atoms with Gasteiger partial charge in [0, 0.05) is 50.0 Å². The van der Waals surface area contributed by atoms with Gasteiger partial charge in [0.05, 0.1) is 12.7 Å². The molecule has 0 radical (unpaired) electrons. The van der Waals surface area contributed by atoms with Gasteiger partial charge in [-0.05, 0) is 55.8 Å². The molecule has 34 heavy (non-hydrogen) atoms. The molecule has 0 atom stereocenters. The smallest absolute Gasteiger partial charge is 0.250 e. The van der Waals surface area contributed by atoms with Crippen LogP contribution in [-0.4, -0.2) is 70.6 Å². The minimum atomic E-state index is -0.0641. The maximum absolute atomic E-state index is 12.5. The Balaban J connectivity index is 1.01. The number of carbonyl (C=O) groups is 1. The summed E-state index contributed by atoms with van der Waals surface area (Å²) in [6.45, 7) is 6.37. The number of benzene rings is 2. The molecular formula is C26H31N3O5. The van der Waals surface area contributed by atoms with Gasteiger partial charge >= 0.3 is 0 Å². The van der Waals surface area contributed by atoms with Gasteiger partial charge in [-0.3, -0.25) is 9.69 Å². The quantitative estimate of drug-likeness (QED) is 0.601. The number of rotatable bonds is 8. The molecule has 0 aromatic heterocycles. The maximum Gasteiger partial charge on any atom is 0.250 e. The molecule has 0 spiro atoms. The highest BCUT2D eigenvalue weighted by atomic mass is 16.7. The highest BCUT2D eigenvalue weighted by Crippen LogP contribution is 2.35. The number of ether oxygens (including phenoxy) is 4. The lowest BCUT2D eigenvalue weighted by molar-refractivity contribution is -0.117. The number of amides is 1. The summed E-state index contributed by atoms with van der Waals surface area (Å²) in [7, 11) is 1.63. The molecule has 1 saturated heterocycles. The van der Waals surface area contributed by atoms with Crippen molar-refractivity contribution in [2.45, 2.75) is 12.8 Å². The Hall–Kier alpha value is -3.39. The number of hydrogen-bond acceptors (Lipinski definition) is 7. The third-order valence-electron chi connectivity index (χ3n) is 6.50. The zero-order valence-electron chi connectivity index (χ0n) is 19.5. The molecule has 1 fully saturated rings. The van der Waals surface area contributed by atoms with Crippen LogP contribution in [0.3, 0.4) is 0 Å². The Kier molecular flexibility index (Phi) is 6.76. The topological polar surface area (TPSA) is 72.5 Å². The first-order chi connectivity index (χ1) is 16.7. The number of hydrogen-bond donors (Lipinski definition) is 1. The Morgan fingerprint density at radius 3 is 2.65 bits per heavy atom. The molecule has 180 valence electrons. The van der Waals surface area contributed by atoms with E-state index < -0.39 is 0 Å². The summed E-state index contributed by atoms with van der Waals surface area (Å²) in [6.07, 6.45) is 3.89. The fourth-order valence-corrected chi connectivity index (χ4v) is 4.50. The van der Waals surface area contributed by atoms with Crippen molar-refractivity contribution in [3.05, 3.63) is 47.5 Å². The van der Waals surface area contributed by atoms with Gasteiger partial charge in [-0.1, -0.05) is 0 Å². The highest BCUT2D eigenvalue weighted by molar-refractivity contribution is 5.99. The third-order valence-corrected chi connectivity index (χ3v) is 6.50. The van der Waals surface area contributed by atoms with E-state index in [1.807, 2.05) is 30.3 Å². The average molecular weight is 466 g/mol. The molecule has 8 heteroatoms. The predicted octanol–water partition coefficient (Wildman–Crippen LogP) is 2.92. The lowest BCUT2D eigenvalue weighted by Gasteiger charge is -2.36.